The Bertz CT molecular complexity index is 1180. The maximum atomic E-state index is 13.3. The quantitative estimate of drug-likeness (QED) is 0.608. The minimum absolute atomic E-state index is 0.00566. The molecule has 37 heavy (non-hydrogen) atoms. The van der Waals surface area contributed by atoms with Gasteiger partial charge in [0.15, 0.2) is 0 Å². The number of aromatic nitrogens is 2. The van der Waals surface area contributed by atoms with Gasteiger partial charge in [0.25, 0.3) is 0 Å². The van der Waals surface area contributed by atoms with Gasteiger partial charge in [0, 0.05) is 70.4 Å². The fraction of sp³-hybridized carbons (Fsp3) is 0.667. The highest BCUT2D eigenvalue weighted by Crippen LogP contribution is 2.36. The van der Waals surface area contributed by atoms with Crippen molar-refractivity contribution in [3.05, 3.63) is 34.7 Å². The number of aliphatic hydroxyl groups is 1. The van der Waals surface area contributed by atoms with Gasteiger partial charge in [-0.1, -0.05) is 12.1 Å². The van der Waals surface area contributed by atoms with Crippen LogP contribution in [0, 0.1) is 0 Å². The fourth-order valence-electron chi connectivity index (χ4n) is 6.64. The summed E-state index contributed by atoms with van der Waals surface area (Å²) in [6, 6.07) is 7.69. The van der Waals surface area contributed by atoms with Crippen LogP contribution < -0.4 is 11.0 Å². The number of carbonyl (C=O) groups excluding carboxylic acids is 2. The van der Waals surface area contributed by atoms with E-state index in [0.717, 1.165) is 57.4 Å². The Hall–Kier alpha value is -2.69. The van der Waals surface area contributed by atoms with E-state index in [2.05, 4.69) is 15.1 Å². The normalized spacial score (nSPS) is 25.6. The predicted molar refractivity (Wildman–Crippen MR) is 142 cm³/mol. The molecule has 1 aromatic heterocycles. The van der Waals surface area contributed by atoms with E-state index in [-0.39, 0.29) is 29.7 Å². The zero-order chi connectivity index (χ0) is 26.3. The van der Waals surface area contributed by atoms with E-state index in [0.29, 0.717) is 30.7 Å². The highest BCUT2D eigenvalue weighted by Gasteiger charge is 2.42. The smallest absolute Gasteiger partial charge is 0.337 e. The Labute approximate surface area is 217 Å². The molecular formula is C27H40N6O4. The molecule has 2 N–H and O–H groups in total. The van der Waals surface area contributed by atoms with Crippen LogP contribution in [-0.4, -0.2) is 104 Å². The summed E-state index contributed by atoms with van der Waals surface area (Å²) in [6.07, 6.45) is 3.33. The molecule has 4 heterocycles. The van der Waals surface area contributed by atoms with Gasteiger partial charge in [0.2, 0.25) is 5.91 Å². The molecule has 3 fully saturated rings. The molecule has 3 saturated heterocycles. The minimum Gasteiger partial charge on any atom is -0.390 e. The molecule has 1 unspecified atom stereocenters. The first kappa shape index (κ1) is 25.9. The van der Waals surface area contributed by atoms with E-state index in [4.69, 9.17) is 0 Å². The molecule has 2 bridgehead atoms. The average Bonchev–Trinajstić information content (AvgIpc) is 3.27. The largest absolute Gasteiger partial charge is 0.390 e. The van der Waals surface area contributed by atoms with Crippen LogP contribution in [0.1, 0.15) is 52.5 Å². The second-order valence-electron chi connectivity index (χ2n) is 11.2. The summed E-state index contributed by atoms with van der Waals surface area (Å²) in [5.74, 6) is 0.113. The molecule has 2 amide bonds. The zero-order valence-corrected chi connectivity index (χ0v) is 22.2. The van der Waals surface area contributed by atoms with Crippen molar-refractivity contribution in [2.75, 3.05) is 39.3 Å². The number of carbonyl (C=O) groups is 2. The first-order valence-corrected chi connectivity index (χ1v) is 13.7. The van der Waals surface area contributed by atoms with Crippen molar-refractivity contribution in [2.24, 2.45) is 0 Å². The van der Waals surface area contributed by atoms with Gasteiger partial charge in [-0.05, 0) is 51.7 Å². The number of piperidine rings is 1. The number of piperazine rings is 1. The number of hydrogen-bond acceptors (Lipinski definition) is 6. The number of hydrogen-bond donors (Lipinski definition) is 2. The molecule has 3 aliphatic heterocycles. The molecule has 202 valence electrons. The molecule has 0 aliphatic carbocycles. The Kier molecular flexibility index (Phi) is 7.42. The molecule has 5 rings (SSSR count). The fourth-order valence-corrected chi connectivity index (χ4v) is 6.64. The topological polar surface area (TPSA) is 103 Å². The average molecular weight is 513 g/mol. The van der Waals surface area contributed by atoms with Gasteiger partial charge in [-0.2, -0.15) is 0 Å². The molecule has 3 aliphatic rings. The van der Waals surface area contributed by atoms with Gasteiger partial charge in [-0.25, -0.2) is 14.2 Å². The lowest BCUT2D eigenvalue weighted by molar-refractivity contribution is -0.130. The highest BCUT2D eigenvalue weighted by atomic mass is 16.3. The van der Waals surface area contributed by atoms with E-state index in [1.165, 1.54) is 4.57 Å². The molecule has 0 spiro atoms. The summed E-state index contributed by atoms with van der Waals surface area (Å²) >= 11 is 0. The van der Waals surface area contributed by atoms with Gasteiger partial charge < -0.3 is 15.3 Å². The minimum atomic E-state index is -0.446. The maximum Gasteiger partial charge on any atom is 0.337 e. The van der Waals surface area contributed by atoms with E-state index in [9.17, 15) is 19.5 Å². The van der Waals surface area contributed by atoms with Crippen molar-refractivity contribution < 1.29 is 14.7 Å². The summed E-state index contributed by atoms with van der Waals surface area (Å²) in [7, 11) is 0. The number of para-hydroxylation sites is 2. The molecule has 10 nitrogen and oxygen atoms in total. The summed E-state index contributed by atoms with van der Waals surface area (Å²) in [6.45, 7) is 9.78. The van der Waals surface area contributed by atoms with Crippen molar-refractivity contribution in [2.45, 2.75) is 76.7 Å². The van der Waals surface area contributed by atoms with Crippen LogP contribution in [-0.2, 0) is 4.79 Å². The Morgan fingerprint density at radius 2 is 1.62 bits per heavy atom. The molecular weight excluding hydrogens is 472 g/mol. The summed E-state index contributed by atoms with van der Waals surface area (Å²) in [5.41, 5.74) is 1.09. The van der Waals surface area contributed by atoms with Crippen molar-refractivity contribution in [3.63, 3.8) is 0 Å². The number of benzene rings is 1. The second-order valence-corrected chi connectivity index (χ2v) is 11.2. The molecule has 4 atom stereocenters. The van der Waals surface area contributed by atoms with Crippen LogP contribution in [0.15, 0.2) is 29.1 Å². The zero-order valence-electron chi connectivity index (χ0n) is 22.2. The van der Waals surface area contributed by atoms with Gasteiger partial charge in [0.05, 0.1) is 17.1 Å². The highest BCUT2D eigenvalue weighted by molar-refractivity contribution is 5.89. The third-order valence-electron chi connectivity index (χ3n) is 8.42. The van der Waals surface area contributed by atoms with E-state index in [1.807, 2.05) is 43.0 Å². The number of nitrogens with one attached hydrogen (secondary N) is 1. The van der Waals surface area contributed by atoms with Crippen LogP contribution in [0.5, 0.6) is 0 Å². The predicted octanol–water partition coefficient (Wildman–Crippen LogP) is 1.46. The monoisotopic (exact) mass is 512 g/mol. The molecule has 10 heteroatoms. The number of nitrogens with zero attached hydrogens (tertiary/aromatic N) is 5. The number of β-amino-alcohol motifs (C(OH)–C–C–N with tert-alkyl or cyclic N) is 1. The summed E-state index contributed by atoms with van der Waals surface area (Å²) in [4.78, 5) is 44.5. The summed E-state index contributed by atoms with van der Waals surface area (Å²) < 4.78 is 2.95. The van der Waals surface area contributed by atoms with Crippen molar-refractivity contribution in [1.29, 1.82) is 0 Å². The SMILES string of the molecule is CC(=O)N1CCN(CC(O)CN2[C@@H]3CC[C@H]2C[C@@H](NC(=O)n2c(=O)n(C(C)C)c4ccccc42)C3)CC1. The Morgan fingerprint density at radius 1 is 1.00 bits per heavy atom. The van der Waals surface area contributed by atoms with Crippen LogP contribution in [0.25, 0.3) is 11.0 Å². The van der Waals surface area contributed by atoms with Gasteiger partial charge in [-0.15, -0.1) is 0 Å². The number of amides is 2. The van der Waals surface area contributed by atoms with Gasteiger partial charge in [0.1, 0.15) is 0 Å². The van der Waals surface area contributed by atoms with Crippen molar-refractivity contribution in [3.8, 4) is 0 Å². The van der Waals surface area contributed by atoms with E-state index >= 15 is 0 Å². The molecule has 0 saturated carbocycles. The summed E-state index contributed by atoms with van der Waals surface area (Å²) in [5, 5.41) is 14.0. The number of aliphatic hydroxyl groups excluding tert-OH is 1. The number of fused-ring (bicyclic) bond motifs is 3. The van der Waals surface area contributed by atoms with Gasteiger partial charge >= 0.3 is 11.7 Å². The third kappa shape index (κ3) is 5.19. The number of imidazole rings is 1. The van der Waals surface area contributed by atoms with Crippen LogP contribution in [0.3, 0.4) is 0 Å². The lowest BCUT2D eigenvalue weighted by atomic mass is 9.97. The molecule has 1 aromatic carbocycles. The lowest BCUT2D eigenvalue weighted by Crippen LogP contribution is -2.55. The van der Waals surface area contributed by atoms with Crippen molar-refractivity contribution >= 4 is 23.0 Å². The maximum absolute atomic E-state index is 13.3. The lowest BCUT2D eigenvalue weighted by Gasteiger charge is -2.41. The second kappa shape index (κ2) is 10.6. The molecule has 2 aromatic rings. The number of rotatable bonds is 6. The molecule has 0 radical (unpaired) electrons. The van der Waals surface area contributed by atoms with Crippen LogP contribution in [0.4, 0.5) is 4.79 Å². The van der Waals surface area contributed by atoms with E-state index < -0.39 is 6.10 Å². The van der Waals surface area contributed by atoms with Crippen LogP contribution >= 0.6 is 0 Å². The van der Waals surface area contributed by atoms with Crippen molar-refractivity contribution in [1.82, 2.24) is 29.2 Å². The Balaban J connectivity index is 1.19. The third-order valence-corrected chi connectivity index (χ3v) is 8.42. The first-order chi connectivity index (χ1) is 17.7. The standard InChI is InChI=1S/C27H40N6O4/c1-18(2)32-24-6-4-5-7-25(24)33(27(32)37)26(36)28-20-14-21-8-9-22(15-20)31(21)17-23(35)16-29-10-12-30(13-11-29)19(3)34/h4-7,18,20-23,35H,8-17H2,1-3H3,(H,28,36)/t20-,21+,22-,23?. The first-order valence-electron chi connectivity index (χ1n) is 13.7. The van der Waals surface area contributed by atoms with Crippen LogP contribution in [0.2, 0.25) is 0 Å². The van der Waals surface area contributed by atoms with E-state index in [1.54, 1.807) is 11.5 Å². The van der Waals surface area contributed by atoms with Gasteiger partial charge in [-0.3, -0.25) is 19.2 Å². The Morgan fingerprint density at radius 3 is 2.22 bits per heavy atom.